The first-order valence-electron chi connectivity index (χ1n) is 6.56. The minimum Gasteiger partial charge on any atom is -0.497 e. The first-order valence-corrected chi connectivity index (χ1v) is 6.56. The molecule has 1 aliphatic rings. The van der Waals surface area contributed by atoms with Crippen LogP contribution >= 0.6 is 0 Å². The van der Waals surface area contributed by atoms with Crippen molar-refractivity contribution in [2.75, 3.05) is 13.7 Å². The van der Waals surface area contributed by atoms with E-state index in [0.717, 1.165) is 31.6 Å². The summed E-state index contributed by atoms with van der Waals surface area (Å²) in [7, 11) is 1.68. The van der Waals surface area contributed by atoms with Crippen molar-refractivity contribution < 1.29 is 14.2 Å². The van der Waals surface area contributed by atoms with Gasteiger partial charge in [-0.15, -0.1) is 0 Å². The number of aryl methyl sites for hydroxylation is 1. The van der Waals surface area contributed by atoms with E-state index in [1.165, 1.54) is 5.56 Å². The van der Waals surface area contributed by atoms with Crippen molar-refractivity contribution in [3.8, 4) is 5.75 Å². The van der Waals surface area contributed by atoms with Crippen LogP contribution in [0.4, 0.5) is 0 Å². The van der Waals surface area contributed by atoms with Crippen molar-refractivity contribution in [3.63, 3.8) is 0 Å². The molecular weight excluding hydrogens is 228 g/mol. The average Bonchev–Trinajstić information content (AvgIpc) is 2.37. The smallest absolute Gasteiger partial charge is 0.166 e. The summed E-state index contributed by atoms with van der Waals surface area (Å²) in [4.78, 5) is 0. The van der Waals surface area contributed by atoms with E-state index in [-0.39, 0.29) is 0 Å². The van der Waals surface area contributed by atoms with E-state index >= 15 is 0 Å². The van der Waals surface area contributed by atoms with E-state index in [1.807, 2.05) is 19.1 Å². The summed E-state index contributed by atoms with van der Waals surface area (Å²) in [5, 5.41) is 0. The van der Waals surface area contributed by atoms with Crippen LogP contribution in [0.3, 0.4) is 0 Å². The summed E-state index contributed by atoms with van der Waals surface area (Å²) < 4.78 is 16.8. The molecule has 0 saturated carbocycles. The molecule has 0 spiro atoms. The van der Waals surface area contributed by atoms with Crippen molar-refractivity contribution in [1.29, 1.82) is 0 Å². The van der Waals surface area contributed by atoms with Gasteiger partial charge in [-0.1, -0.05) is 12.1 Å². The van der Waals surface area contributed by atoms with E-state index < -0.39 is 5.79 Å². The fraction of sp³-hybridized carbons (Fsp3) is 0.600. The lowest BCUT2D eigenvalue weighted by Crippen LogP contribution is -2.41. The Kier molecular flexibility index (Phi) is 4.25. The quantitative estimate of drug-likeness (QED) is 0.821. The Morgan fingerprint density at radius 3 is 2.67 bits per heavy atom. The molecule has 1 aromatic rings. The van der Waals surface area contributed by atoms with Gasteiger partial charge in [0.15, 0.2) is 5.79 Å². The third-order valence-corrected chi connectivity index (χ3v) is 3.41. The zero-order valence-corrected chi connectivity index (χ0v) is 11.4. The Hall–Kier alpha value is -1.06. The highest BCUT2D eigenvalue weighted by Crippen LogP contribution is 2.27. The zero-order chi connectivity index (χ0) is 13.0. The summed E-state index contributed by atoms with van der Waals surface area (Å²) in [6.45, 7) is 4.93. The lowest BCUT2D eigenvalue weighted by molar-refractivity contribution is -0.282. The van der Waals surface area contributed by atoms with Crippen LogP contribution in [-0.2, 0) is 15.9 Å². The fourth-order valence-corrected chi connectivity index (χ4v) is 2.25. The molecule has 1 fully saturated rings. The maximum atomic E-state index is 5.89. The molecule has 3 heteroatoms. The Morgan fingerprint density at radius 1 is 1.33 bits per heavy atom. The normalized spacial score (nSPS) is 28.1. The van der Waals surface area contributed by atoms with Crippen LogP contribution in [0.15, 0.2) is 24.3 Å². The molecule has 0 amide bonds. The van der Waals surface area contributed by atoms with Gasteiger partial charge < -0.3 is 14.2 Å². The molecular formula is C15H22O3. The molecule has 1 heterocycles. The van der Waals surface area contributed by atoms with Crippen LogP contribution in [0, 0.1) is 0 Å². The summed E-state index contributed by atoms with van der Waals surface area (Å²) >= 11 is 0. The van der Waals surface area contributed by atoms with Crippen LogP contribution in [0.25, 0.3) is 0 Å². The van der Waals surface area contributed by atoms with Gasteiger partial charge in [0.1, 0.15) is 5.75 Å². The summed E-state index contributed by atoms with van der Waals surface area (Å²) in [6, 6.07) is 8.16. The molecule has 2 rings (SSSR count). The largest absolute Gasteiger partial charge is 0.497 e. The van der Waals surface area contributed by atoms with Crippen molar-refractivity contribution in [2.45, 2.75) is 45.0 Å². The third-order valence-electron chi connectivity index (χ3n) is 3.41. The molecule has 1 aromatic carbocycles. The topological polar surface area (TPSA) is 27.7 Å². The van der Waals surface area contributed by atoms with Crippen LogP contribution in [0.5, 0.6) is 5.75 Å². The molecule has 100 valence electrons. The van der Waals surface area contributed by atoms with Gasteiger partial charge in [-0.25, -0.2) is 0 Å². The number of hydrogen-bond acceptors (Lipinski definition) is 3. The lowest BCUT2D eigenvalue weighted by Gasteiger charge is -2.37. The van der Waals surface area contributed by atoms with E-state index in [0.29, 0.717) is 6.10 Å². The highest BCUT2D eigenvalue weighted by molar-refractivity contribution is 5.27. The van der Waals surface area contributed by atoms with Crippen LogP contribution < -0.4 is 4.74 Å². The van der Waals surface area contributed by atoms with Gasteiger partial charge in [-0.3, -0.25) is 0 Å². The molecule has 1 saturated heterocycles. The summed E-state index contributed by atoms with van der Waals surface area (Å²) in [6.07, 6.45) is 3.11. The monoisotopic (exact) mass is 250 g/mol. The maximum absolute atomic E-state index is 5.89. The number of ether oxygens (including phenoxy) is 3. The van der Waals surface area contributed by atoms with Gasteiger partial charge in [0, 0.05) is 6.42 Å². The minimum absolute atomic E-state index is 0.291. The first kappa shape index (κ1) is 13.4. The van der Waals surface area contributed by atoms with Gasteiger partial charge >= 0.3 is 0 Å². The van der Waals surface area contributed by atoms with Crippen molar-refractivity contribution in [3.05, 3.63) is 29.8 Å². The predicted molar refractivity (Wildman–Crippen MR) is 70.8 cm³/mol. The van der Waals surface area contributed by atoms with Crippen molar-refractivity contribution >= 4 is 0 Å². The molecule has 1 aliphatic heterocycles. The van der Waals surface area contributed by atoms with Gasteiger partial charge in [0.2, 0.25) is 0 Å². The molecule has 18 heavy (non-hydrogen) atoms. The Bertz CT molecular complexity index is 374. The standard InChI is InChI=1S/C15H22O3/c1-12-9-11-17-15(2,18-12)10-8-13-4-6-14(16-3)7-5-13/h4-7,12H,8-11H2,1-3H3/t12-,15-/m0/s1. The van der Waals surface area contributed by atoms with Gasteiger partial charge in [-0.05, 0) is 44.4 Å². The number of benzene rings is 1. The molecule has 0 bridgehead atoms. The van der Waals surface area contributed by atoms with E-state index in [4.69, 9.17) is 14.2 Å². The maximum Gasteiger partial charge on any atom is 0.166 e. The number of rotatable bonds is 4. The zero-order valence-electron chi connectivity index (χ0n) is 11.4. The Morgan fingerprint density at radius 2 is 2.06 bits per heavy atom. The van der Waals surface area contributed by atoms with Crippen LogP contribution in [0.2, 0.25) is 0 Å². The SMILES string of the molecule is COc1ccc(CC[C@@]2(C)OCC[C@H](C)O2)cc1. The van der Waals surface area contributed by atoms with Crippen LogP contribution in [0.1, 0.15) is 32.3 Å². The van der Waals surface area contributed by atoms with Gasteiger partial charge in [-0.2, -0.15) is 0 Å². The second-order valence-electron chi connectivity index (χ2n) is 5.05. The fourth-order valence-electron chi connectivity index (χ4n) is 2.25. The van der Waals surface area contributed by atoms with Crippen molar-refractivity contribution in [1.82, 2.24) is 0 Å². The van der Waals surface area contributed by atoms with Crippen molar-refractivity contribution in [2.24, 2.45) is 0 Å². The second-order valence-corrected chi connectivity index (χ2v) is 5.05. The van der Waals surface area contributed by atoms with Gasteiger partial charge in [0.25, 0.3) is 0 Å². The third kappa shape index (κ3) is 3.47. The van der Waals surface area contributed by atoms with E-state index in [2.05, 4.69) is 19.1 Å². The second kappa shape index (κ2) is 5.72. The highest BCUT2D eigenvalue weighted by atomic mass is 16.7. The molecule has 0 N–H and O–H groups in total. The first-order chi connectivity index (χ1) is 8.61. The molecule has 3 nitrogen and oxygen atoms in total. The summed E-state index contributed by atoms with van der Waals surface area (Å²) in [5.74, 6) is 0.459. The predicted octanol–water partition coefficient (Wildman–Crippen LogP) is 3.17. The molecule has 0 unspecified atom stereocenters. The Labute approximate surface area is 109 Å². The minimum atomic E-state index is -0.433. The lowest BCUT2D eigenvalue weighted by atomic mass is 10.0. The van der Waals surface area contributed by atoms with Gasteiger partial charge in [0.05, 0.1) is 19.8 Å². The molecule has 2 atom stereocenters. The molecule has 0 radical (unpaired) electrons. The number of methoxy groups -OCH3 is 1. The molecule has 0 aliphatic carbocycles. The Balaban J connectivity index is 1.89. The van der Waals surface area contributed by atoms with E-state index in [1.54, 1.807) is 7.11 Å². The highest BCUT2D eigenvalue weighted by Gasteiger charge is 2.31. The average molecular weight is 250 g/mol. The molecule has 0 aromatic heterocycles. The van der Waals surface area contributed by atoms with Crippen LogP contribution in [-0.4, -0.2) is 25.6 Å². The van der Waals surface area contributed by atoms with E-state index in [9.17, 15) is 0 Å². The summed E-state index contributed by atoms with van der Waals surface area (Å²) in [5.41, 5.74) is 1.28. The number of hydrogen-bond donors (Lipinski definition) is 0.